The van der Waals surface area contributed by atoms with Crippen LogP contribution in [-0.4, -0.2) is 24.3 Å². The second kappa shape index (κ2) is 15.8. The Balaban J connectivity index is 2.46. The summed E-state index contributed by atoms with van der Waals surface area (Å²) in [6.45, 7) is 6.89. The molecule has 0 radical (unpaired) electrons. The largest absolute Gasteiger partial charge is 0.343 e. The van der Waals surface area contributed by atoms with Crippen molar-refractivity contribution in [3.8, 4) is 0 Å². The molecule has 0 bridgehead atoms. The maximum Gasteiger partial charge on any atom is 0.283 e. The van der Waals surface area contributed by atoms with Crippen molar-refractivity contribution in [2.75, 3.05) is 13.2 Å². The van der Waals surface area contributed by atoms with E-state index in [0.29, 0.717) is 13.2 Å². The molecule has 1 unspecified atom stereocenters. The number of rotatable bonds is 18. The highest BCUT2D eigenvalue weighted by Gasteiger charge is 2.37. The Labute approximate surface area is 178 Å². The zero-order valence-electron chi connectivity index (χ0n) is 18.9. The van der Waals surface area contributed by atoms with Gasteiger partial charge >= 0.3 is 0 Å². The molecule has 1 aromatic rings. The van der Waals surface area contributed by atoms with Crippen LogP contribution in [0.4, 0.5) is 4.39 Å². The van der Waals surface area contributed by atoms with Gasteiger partial charge in [-0.15, -0.1) is 0 Å². The van der Waals surface area contributed by atoms with E-state index >= 15 is 0 Å². The fourth-order valence-electron chi connectivity index (χ4n) is 3.96. The molecule has 168 valence electrons. The Bertz CT molecular complexity index is 515. The van der Waals surface area contributed by atoms with Gasteiger partial charge in [-0.05, 0) is 57.2 Å². The monoisotopic (exact) mass is 410 g/mol. The maximum atomic E-state index is 13.3. The molecule has 1 rings (SSSR count). The molecule has 0 aliphatic heterocycles. The summed E-state index contributed by atoms with van der Waals surface area (Å²) < 4.78 is 24.6. The summed E-state index contributed by atoms with van der Waals surface area (Å²) in [6, 6.07) is 6.85. The lowest BCUT2D eigenvalue weighted by Crippen LogP contribution is -2.44. The summed E-state index contributed by atoms with van der Waals surface area (Å²) in [5.41, 5.74) is 1.05. The summed E-state index contributed by atoms with van der Waals surface area (Å²) in [5.74, 6) is -1.65. The topological polar surface area (TPSA) is 38.7 Å². The smallest absolute Gasteiger partial charge is 0.283 e. The van der Waals surface area contributed by atoms with Crippen LogP contribution in [0.5, 0.6) is 0 Å². The fraction of sp³-hybridized carbons (Fsp3) is 0.760. The van der Waals surface area contributed by atoms with Gasteiger partial charge in [-0.2, -0.15) is 0 Å². The molecule has 1 aromatic carbocycles. The number of benzene rings is 1. The van der Waals surface area contributed by atoms with Crippen LogP contribution in [0.15, 0.2) is 24.3 Å². The first-order valence-electron chi connectivity index (χ1n) is 11.8. The standard InChI is InChI=1S/C25H43FO3/c1-4-7-8-9-10-13-18-23(25(27,28-5-2)29-6-3)19-14-11-12-16-22-17-15-20-24(26)21-22/h15,17,20-21,23,27H,4-14,16,18-19H2,1-3H3. The van der Waals surface area contributed by atoms with Gasteiger partial charge in [0.2, 0.25) is 0 Å². The molecule has 0 aromatic heterocycles. The SMILES string of the molecule is CCCCCCCCC(CCCCCc1cccc(F)c1)C(O)(OCC)OCC. The van der Waals surface area contributed by atoms with E-state index in [2.05, 4.69) is 6.92 Å². The summed E-state index contributed by atoms with van der Waals surface area (Å²) >= 11 is 0. The van der Waals surface area contributed by atoms with Gasteiger partial charge < -0.3 is 14.6 Å². The van der Waals surface area contributed by atoms with Crippen LogP contribution >= 0.6 is 0 Å². The quantitative estimate of drug-likeness (QED) is 0.209. The highest BCUT2D eigenvalue weighted by molar-refractivity contribution is 5.16. The second-order valence-corrected chi connectivity index (χ2v) is 7.98. The lowest BCUT2D eigenvalue weighted by molar-refractivity contribution is -0.385. The van der Waals surface area contributed by atoms with Gasteiger partial charge in [0.15, 0.2) is 0 Å². The molecule has 0 saturated carbocycles. The Morgan fingerprint density at radius 2 is 1.45 bits per heavy atom. The Morgan fingerprint density at radius 1 is 0.862 bits per heavy atom. The third kappa shape index (κ3) is 11.1. The van der Waals surface area contributed by atoms with E-state index in [-0.39, 0.29) is 11.7 Å². The Kier molecular flexibility index (Phi) is 14.2. The second-order valence-electron chi connectivity index (χ2n) is 7.98. The number of hydrogen-bond donors (Lipinski definition) is 1. The van der Waals surface area contributed by atoms with E-state index in [1.807, 2.05) is 19.9 Å². The van der Waals surface area contributed by atoms with Crippen LogP contribution in [0.25, 0.3) is 0 Å². The van der Waals surface area contributed by atoms with Crippen molar-refractivity contribution < 1.29 is 19.0 Å². The summed E-state index contributed by atoms with van der Waals surface area (Å²) in [5, 5.41) is 11.0. The summed E-state index contributed by atoms with van der Waals surface area (Å²) in [6.07, 6.45) is 13.2. The highest BCUT2D eigenvalue weighted by Crippen LogP contribution is 2.31. The van der Waals surface area contributed by atoms with E-state index in [4.69, 9.17) is 9.47 Å². The molecule has 1 atom stereocenters. The molecule has 0 fully saturated rings. The molecule has 3 nitrogen and oxygen atoms in total. The third-order valence-electron chi connectivity index (χ3n) is 5.53. The van der Waals surface area contributed by atoms with E-state index in [1.54, 1.807) is 12.1 Å². The minimum Gasteiger partial charge on any atom is -0.343 e. The van der Waals surface area contributed by atoms with Crippen LogP contribution in [0.2, 0.25) is 0 Å². The zero-order valence-corrected chi connectivity index (χ0v) is 18.9. The average Bonchev–Trinajstić information content (AvgIpc) is 2.69. The molecule has 0 heterocycles. The Hall–Kier alpha value is -0.970. The molecule has 1 N–H and O–H groups in total. The molecule has 0 aliphatic carbocycles. The van der Waals surface area contributed by atoms with Crippen LogP contribution < -0.4 is 0 Å². The van der Waals surface area contributed by atoms with Gasteiger partial charge in [0.1, 0.15) is 5.82 Å². The van der Waals surface area contributed by atoms with Crippen molar-refractivity contribution in [1.29, 1.82) is 0 Å². The maximum absolute atomic E-state index is 13.3. The normalized spacial score (nSPS) is 13.0. The average molecular weight is 411 g/mol. The van der Waals surface area contributed by atoms with Crippen molar-refractivity contribution in [3.63, 3.8) is 0 Å². The predicted molar refractivity (Wildman–Crippen MR) is 118 cm³/mol. The van der Waals surface area contributed by atoms with Gasteiger partial charge in [-0.1, -0.05) is 70.4 Å². The van der Waals surface area contributed by atoms with Crippen molar-refractivity contribution >= 4 is 0 Å². The molecule has 4 heteroatoms. The predicted octanol–water partition coefficient (Wildman–Crippen LogP) is 7.01. The number of aryl methyl sites for hydroxylation is 1. The van der Waals surface area contributed by atoms with E-state index in [0.717, 1.165) is 50.5 Å². The highest BCUT2D eigenvalue weighted by atomic mass is 19.1. The van der Waals surface area contributed by atoms with Crippen molar-refractivity contribution in [3.05, 3.63) is 35.6 Å². The number of halogens is 1. The molecule has 0 saturated heterocycles. The summed E-state index contributed by atoms with van der Waals surface area (Å²) in [7, 11) is 0. The van der Waals surface area contributed by atoms with E-state index in [9.17, 15) is 9.50 Å². The minimum absolute atomic E-state index is 0.0113. The van der Waals surface area contributed by atoms with Crippen molar-refractivity contribution in [2.45, 2.75) is 104 Å². The Morgan fingerprint density at radius 3 is 2.03 bits per heavy atom. The first-order valence-corrected chi connectivity index (χ1v) is 11.8. The van der Waals surface area contributed by atoms with Crippen LogP contribution in [-0.2, 0) is 15.9 Å². The molecule has 29 heavy (non-hydrogen) atoms. The third-order valence-corrected chi connectivity index (χ3v) is 5.53. The van der Waals surface area contributed by atoms with Gasteiger partial charge in [-0.3, -0.25) is 0 Å². The first kappa shape index (κ1) is 26.1. The first-order chi connectivity index (χ1) is 14.1. The van der Waals surface area contributed by atoms with Crippen LogP contribution in [0, 0.1) is 11.7 Å². The van der Waals surface area contributed by atoms with Gasteiger partial charge in [0.05, 0.1) is 0 Å². The zero-order chi connectivity index (χ0) is 21.4. The lowest BCUT2D eigenvalue weighted by Gasteiger charge is -2.35. The summed E-state index contributed by atoms with van der Waals surface area (Å²) in [4.78, 5) is 0. The molecular weight excluding hydrogens is 367 g/mol. The molecule has 0 spiro atoms. The van der Waals surface area contributed by atoms with Gasteiger partial charge in [0, 0.05) is 19.1 Å². The van der Waals surface area contributed by atoms with E-state index < -0.39 is 5.97 Å². The van der Waals surface area contributed by atoms with Crippen LogP contribution in [0.3, 0.4) is 0 Å². The van der Waals surface area contributed by atoms with Crippen molar-refractivity contribution in [2.24, 2.45) is 5.92 Å². The van der Waals surface area contributed by atoms with E-state index in [1.165, 1.54) is 38.2 Å². The number of ether oxygens (including phenoxy) is 2. The van der Waals surface area contributed by atoms with Crippen LogP contribution in [0.1, 0.15) is 97.0 Å². The molecular formula is C25H43FO3. The number of aliphatic hydroxyl groups is 1. The number of hydrogen-bond acceptors (Lipinski definition) is 3. The fourth-order valence-corrected chi connectivity index (χ4v) is 3.96. The van der Waals surface area contributed by atoms with Gasteiger partial charge in [-0.25, -0.2) is 4.39 Å². The number of unbranched alkanes of at least 4 members (excludes halogenated alkanes) is 7. The van der Waals surface area contributed by atoms with Crippen molar-refractivity contribution in [1.82, 2.24) is 0 Å². The van der Waals surface area contributed by atoms with Gasteiger partial charge in [0.25, 0.3) is 5.97 Å². The minimum atomic E-state index is -1.48. The molecule has 0 amide bonds. The lowest BCUT2D eigenvalue weighted by atomic mass is 9.91. The molecule has 0 aliphatic rings.